The molecule has 0 spiro atoms. The fourth-order valence-electron chi connectivity index (χ4n) is 3.08. The van der Waals surface area contributed by atoms with Gasteiger partial charge in [0.1, 0.15) is 11.2 Å². The van der Waals surface area contributed by atoms with E-state index in [9.17, 15) is 4.79 Å². The number of hydrogen-bond donors (Lipinski definition) is 1. The number of amides is 1. The molecule has 0 radical (unpaired) electrons. The molecule has 1 aromatic carbocycles. The third-order valence-corrected chi connectivity index (χ3v) is 4.30. The Hall–Kier alpha value is -2.89. The monoisotopic (exact) mass is 322 g/mol. The van der Waals surface area contributed by atoms with E-state index in [4.69, 9.17) is 4.42 Å². The maximum absolute atomic E-state index is 12.2. The van der Waals surface area contributed by atoms with Gasteiger partial charge in [0.05, 0.1) is 6.04 Å². The standard InChI is InChI=1S/C18H18N4O2/c23-17(15-8-3-4-10-19-15)20-12-13-6-5-11-22(13)18-21-14-7-1-2-9-16(14)24-18/h1-4,7-10,13H,5-6,11-12H2,(H,20,23). The smallest absolute Gasteiger partial charge is 0.298 e. The SMILES string of the molecule is O=C(NCC1CCCN1c1nc2ccccc2o1)c1ccccn1. The molecule has 3 aromatic rings. The third kappa shape index (κ3) is 2.82. The van der Waals surface area contributed by atoms with E-state index in [0.717, 1.165) is 30.5 Å². The molecule has 122 valence electrons. The van der Waals surface area contributed by atoms with Crippen molar-refractivity contribution >= 4 is 23.0 Å². The molecule has 1 saturated heterocycles. The first-order chi connectivity index (χ1) is 11.8. The second kappa shape index (κ2) is 6.31. The van der Waals surface area contributed by atoms with Crippen molar-refractivity contribution in [3.05, 3.63) is 54.4 Å². The van der Waals surface area contributed by atoms with Crippen LogP contribution in [0.3, 0.4) is 0 Å². The molecular weight excluding hydrogens is 304 g/mol. The molecule has 1 aliphatic heterocycles. The lowest BCUT2D eigenvalue weighted by atomic mass is 10.2. The van der Waals surface area contributed by atoms with Crippen LogP contribution in [-0.2, 0) is 0 Å². The summed E-state index contributed by atoms with van der Waals surface area (Å²) in [5, 5.41) is 2.96. The topological polar surface area (TPSA) is 71.3 Å². The van der Waals surface area contributed by atoms with Crippen LogP contribution in [0.1, 0.15) is 23.3 Å². The molecule has 3 heterocycles. The van der Waals surface area contributed by atoms with Crippen molar-refractivity contribution in [2.45, 2.75) is 18.9 Å². The van der Waals surface area contributed by atoms with Gasteiger partial charge in [-0.25, -0.2) is 0 Å². The van der Waals surface area contributed by atoms with Crippen LogP contribution in [0.25, 0.3) is 11.1 Å². The number of aromatic nitrogens is 2. The van der Waals surface area contributed by atoms with Crippen LogP contribution in [-0.4, -0.2) is 35.0 Å². The van der Waals surface area contributed by atoms with Crippen molar-refractivity contribution in [1.29, 1.82) is 0 Å². The Morgan fingerprint density at radius 3 is 2.96 bits per heavy atom. The second-order valence-corrected chi connectivity index (χ2v) is 5.88. The Kier molecular flexibility index (Phi) is 3.86. The van der Waals surface area contributed by atoms with Crippen LogP contribution in [0.4, 0.5) is 6.01 Å². The van der Waals surface area contributed by atoms with Crippen LogP contribution in [0.15, 0.2) is 53.1 Å². The summed E-state index contributed by atoms with van der Waals surface area (Å²) in [6, 6.07) is 13.9. The Balaban J connectivity index is 1.46. The van der Waals surface area contributed by atoms with Crippen LogP contribution >= 0.6 is 0 Å². The number of anilines is 1. The number of oxazole rings is 1. The molecular formula is C18H18N4O2. The van der Waals surface area contributed by atoms with Crippen LogP contribution in [0.5, 0.6) is 0 Å². The van der Waals surface area contributed by atoms with Gasteiger partial charge in [-0.15, -0.1) is 0 Å². The van der Waals surface area contributed by atoms with E-state index in [-0.39, 0.29) is 11.9 Å². The summed E-state index contributed by atoms with van der Waals surface area (Å²) in [5.74, 6) is -0.153. The number of benzene rings is 1. The molecule has 6 nitrogen and oxygen atoms in total. The summed E-state index contributed by atoms with van der Waals surface area (Å²) in [6.07, 6.45) is 3.68. The number of para-hydroxylation sites is 2. The van der Waals surface area contributed by atoms with Crippen molar-refractivity contribution < 1.29 is 9.21 Å². The highest BCUT2D eigenvalue weighted by Crippen LogP contribution is 2.27. The average Bonchev–Trinajstić information content (AvgIpc) is 3.26. The molecule has 2 aromatic heterocycles. The summed E-state index contributed by atoms with van der Waals surface area (Å²) in [4.78, 5) is 22.9. The van der Waals surface area contributed by atoms with Gasteiger partial charge < -0.3 is 14.6 Å². The van der Waals surface area contributed by atoms with Gasteiger partial charge in [-0.1, -0.05) is 18.2 Å². The molecule has 6 heteroatoms. The maximum Gasteiger partial charge on any atom is 0.298 e. The number of pyridine rings is 1. The number of fused-ring (bicyclic) bond motifs is 1. The van der Waals surface area contributed by atoms with Crippen molar-refractivity contribution in [1.82, 2.24) is 15.3 Å². The summed E-state index contributed by atoms with van der Waals surface area (Å²) in [5.41, 5.74) is 2.08. The van der Waals surface area contributed by atoms with Gasteiger partial charge in [-0.05, 0) is 37.1 Å². The molecule has 0 aliphatic carbocycles. The van der Waals surface area contributed by atoms with Gasteiger partial charge in [0, 0.05) is 19.3 Å². The number of hydrogen-bond acceptors (Lipinski definition) is 5. The molecule has 1 N–H and O–H groups in total. The average molecular weight is 322 g/mol. The number of rotatable bonds is 4. The molecule has 1 unspecified atom stereocenters. The predicted octanol–water partition coefficient (Wildman–Crippen LogP) is 2.62. The first-order valence-electron chi connectivity index (χ1n) is 8.13. The van der Waals surface area contributed by atoms with Gasteiger partial charge in [0.2, 0.25) is 0 Å². The lowest BCUT2D eigenvalue weighted by Gasteiger charge is -2.22. The highest BCUT2D eigenvalue weighted by molar-refractivity contribution is 5.92. The Bertz CT molecular complexity index is 813. The summed E-state index contributed by atoms with van der Waals surface area (Å²) in [6.45, 7) is 1.44. The van der Waals surface area contributed by atoms with Crippen LogP contribution < -0.4 is 10.2 Å². The first kappa shape index (κ1) is 14.7. The van der Waals surface area contributed by atoms with Crippen LogP contribution in [0, 0.1) is 0 Å². The molecule has 24 heavy (non-hydrogen) atoms. The third-order valence-electron chi connectivity index (χ3n) is 4.30. The van der Waals surface area contributed by atoms with E-state index in [2.05, 4.69) is 20.2 Å². The zero-order valence-corrected chi connectivity index (χ0v) is 13.2. The Morgan fingerprint density at radius 2 is 2.12 bits per heavy atom. The fraction of sp³-hybridized carbons (Fsp3) is 0.278. The van der Waals surface area contributed by atoms with E-state index >= 15 is 0 Å². The number of carbonyl (C=O) groups excluding carboxylic acids is 1. The van der Waals surface area contributed by atoms with Crippen LogP contribution in [0.2, 0.25) is 0 Å². The molecule has 1 amide bonds. The minimum atomic E-state index is -0.153. The van der Waals surface area contributed by atoms with E-state index < -0.39 is 0 Å². The summed E-state index contributed by atoms with van der Waals surface area (Å²) < 4.78 is 5.86. The Morgan fingerprint density at radius 1 is 1.25 bits per heavy atom. The molecule has 1 fully saturated rings. The van der Waals surface area contributed by atoms with Gasteiger partial charge in [-0.3, -0.25) is 9.78 Å². The molecule has 4 rings (SSSR count). The largest absolute Gasteiger partial charge is 0.423 e. The van der Waals surface area contributed by atoms with Gasteiger partial charge in [0.15, 0.2) is 5.58 Å². The minimum Gasteiger partial charge on any atom is -0.423 e. The van der Waals surface area contributed by atoms with Crippen molar-refractivity contribution in [2.24, 2.45) is 0 Å². The fourth-order valence-corrected chi connectivity index (χ4v) is 3.08. The number of carbonyl (C=O) groups is 1. The second-order valence-electron chi connectivity index (χ2n) is 5.88. The molecule has 0 bridgehead atoms. The van der Waals surface area contributed by atoms with E-state index in [1.807, 2.05) is 30.3 Å². The highest BCUT2D eigenvalue weighted by Gasteiger charge is 2.28. The first-order valence-corrected chi connectivity index (χ1v) is 8.13. The van der Waals surface area contributed by atoms with E-state index in [1.165, 1.54) is 0 Å². The maximum atomic E-state index is 12.2. The molecule has 1 atom stereocenters. The number of nitrogens with zero attached hydrogens (tertiary/aromatic N) is 3. The van der Waals surface area contributed by atoms with E-state index in [1.54, 1.807) is 18.3 Å². The summed E-state index contributed by atoms with van der Waals surface area (Å²) >= 11 is 0. The lowest BCUT2D eigenvalue weighted by molar-refractivity contribution is 0.0946. The van der Waals surface area contributed by atoms with Gasteiger partial charge in [-0.2, -0.15) is 4.98 Å². The van der Waals surface area contributed by atoms with E-state index in [0.29, 0.717) is 18.3 Å². The summed E-state index contributed by atoms with van der Waals surface area (Å²) in [7, 11) is 0. The quantitative estimate of drug-likeness (QED) is 0.799. The Labute approximate surface area is 139 Å². The van der Waals surface area contributed by atoms with Gasteiger partial charge in [0.25, 0.3) is 11.9 Å². The van der Waals surface area contributed by atoms with Gasteiger partial charge >= 0.3 is 0 Å². The normalized spacial score (nSPS) is 17.3. The highest BCUT2D eigenvalue weighted by atomic mass is 16.4. The van der Waals surface area contributed by atoms with Crippen molar-refractivity contribution in [2.75, 3.05) is 18.0 Å². The predicted molar refractivity (Wildman–Crippen MR) is 90.9 cm³/mol. The van der Waals surface area contributed by atoms with Crippen molar-refractivity contribution in [3.8, 4) is 0 Å². The molecule has 1 aliphatic rings. The minimum absolute atomic E-state index is 0.153. The number of nitrogens with one attached hydrogen (secondary N) is 1. The zero-order valence-electron chi connectivity index (χ0n) is 13.2. The zero-order chi connectivity index (χ0) is 16.4. The van der Waals surface area contributed by atoms with Crippen molar-refractivity contribution in [3.63, 3.8) is 0 Å². The molecule has 0 saturated carbocycles. The lowest BCUT2D eigenvalue weighted by Crippen LogP contribution is -2.40.